The summed E-state index contributed by atoms with van der Waals surface area (Å²) in [6.45, 7) is 0. The molecule has 0 aliphatic rings. The number of carbonyl (C=O) groups is 1. The van der Waals surface area contributed by atoms with Crippen LogP contribution in [0.25, 0.3) is 33.2 Å². The summed E-state index contributed by atoms with van der Waals surface area (Å²) in [5.74, 6) is 0.0736. The van der Waals surface area contributed by atoms with Crippen molar-refractivity contribution in [1.29, 1.82) is 0 Å². The van der Waals surface area contributed by atoms with Crippen molar-refractivity contribution in [1.82, 2.24) is 29.7 Å². The maximum absolute atomic E-state index is 12.4. The summed E-state index contributed by atoms with van der Waals surface area (Å²) in [6, 6.07) is 11.7. The molecule has 140 valence electrons. The van der Waals surface area contributed by atoms with Gasteiger partial charge in [-0.15, -0.1) is 0 Å². The summed E-state index contributed by atoms with van der Waals surface area (Å²) >= 11 is 0. The molecule has 0 aliphatic heterocycles. The van der Waals surface area contributed by atoms with Gasteiger partial charge in [0.15, 0.2) is 0 Å². The van der Waals surface area contributed by atoms with Crippen molar-refractivity contribution in [3.8, 4) is 11.3 Å². The lowest BCUT2D eigenvalue weighted by atomic mass is 10.1. The van der Waals surface area contributed by atoms with Gasteiger partial charge in [-0.05, 0) is 30.3 Å². The number of hydrogen-bond acceptors (Lipinski definition) is 4. The lowest BCUT2D eigenvalue weighted by Gasteiger charge is -2.03. The predicted octanol–water partition coefficient (Wildman–Crippen LogP) is 3.73. The van der Waals surface area contributed by atoms with Gasteiger partial charge in [-0.3, -0.25) is 10.1 Å². The van der Waals surface area contributed by atoms with E-state index in [9.17, 15) is 4.79 Å². The summed E-state index contributed by atoms with van der Waals surface area (Å²) in [4.78, 5) is 24.1. The molecule has 0 atom stereocenters. The van der Waals surface area contributed by atoms with Gasteiger partial charge in [0.1, 0.15) is 12.0 Å². The van der Waals surface area contributed by atoms with Crippen molar-refractivity contribution < 1.29 is 4.79 Å². The van der Waals surface area contributed by atoms with Crippen molar-refractivity contribution in [2.45, 2.75) is 7.43 Å². The molecule has 8 heteroatoms. The Labute approximate surface area is 160 Å². The molecule has 0 radical (unpaired) electrons. The molecule has 0 spiro atoms. The number of anilines is 1. The van der Waals surface area contributed by atoms with Crippen LogP contribution in [0.2, 0.25) is 0 Å². The molecule has 1 amide bonds. The van der Waals surface area contributed by atoms with Crippen molar-refractivity contribution >= 4 is 33.8 Å². The van der Waals surface area contributed by atoms with Gasteiger partial charge in [0.25, 0.3) is 5.91 Å². The fourth-order valence-corrected chi connectivity index (χ4v) is 3.29. The number of benzene rings is 1. The molecular weight excluding hydrogens is 354 g/mol. The first kappa shape index (κ1) is 17.5. The predicted molar refractivity (Wildman–Crippen MR) is 109 cm³/mol. The Bertz CT molecular complexity index is 1250. The van der Waals surface area contributed by atoms with Gasteiger partial charge in [-0.1, -0.05) is 13.5 Å². The Morgan fingerprint density at radius 2 is 2.07 bits per heavy atom. The van der Waals surface area contributed by atoms with Crippen molar-refractivity contribution in [3.63, 3.8) is 0 Å². The van der Waals surface area contributed by atoms with Crippen LogP contribution in [0.1, 0.15) is 17.8 Å². The Hall–Kier alpha value is -3.94. The molecule has 8 nitrogen and oxygen atoms in total. The van der Waals surface area contributed by atoms with E-state index in [4.69, 9.17) is 0 Å². The fraction of sp³-hybridized carbons (Fsp3) is 0.100. The van der Waals surface area contributed by atoms with Crippen LogP contribution >= 0.6 is 0 Å². The van der Waals surface area contributed by atoms with E-state index in [1.165, 1.54) is 6.33 Å². The average Bonchev–Trinajstić information content (AvgIpc) is 3.40. The Morgan fingerprint density at radius 3 is 2.86 bits per heavy atom. The minimum atomic E-state index is -0.244. The number of aromatic amines is 2. The molecule has 0 bridgehead atoms. The standard InChI is InChI=1S/C19H15N7O.CH4/c1-26-9-14(15-7-11-3-2-6-20-17(11)23-15)13-5-4-12(8-16(13)26)18(27)24-19-21-10-22-25-19;/h2-10H,1H3,(H,20,23)(H2,21,22,24,25,27);1H4. The maximum Gasteiger partial charge on any atom is 0.258 e. The lowest BCUT2D eigenvalue weighted by Crippen LogP contribution is -2.13. The number of hydrogen-bond donors (Lipinski definition) is 3. The number of amides is 1. The summed E-state index contributed by atoms with van der Waals surface area (Å²) in [7, 11) is 1.96. The topological polar surface area (TPSA) is 104 Å². The Kier molecular flexibility index (Phi) is 4.15. The third kappa shape index (κ3) is 2.81. The highest BCUT2D eigenvalue weighted by atomic mass is 16.1. The molecule has 5 rings (SSSR count). The normalized spacial score (nSPS) is 10.9. The zero-order valence-corrected chi connectivity index (χ0v) is 14.4. The van der Waals surface area contributed by atoms with E-state index >= 15 is 0 Å². The average molecular weight is 373 g/mol. The summed E-state index contributed by atoms with van der Waals surface area (Å²) in [6.07, 6.45) is 5.16. The number of pyridine rings is 1. The number of fused-ring (bicyclic) bond motifs is 2. The van der Waals surface area contributed by atoms with Crippen molar-refractivity contribution in [3.05, 3.63) is 60.7 Å². The molecule has 28 heavy (non-hydrogen) atoms. The van der Waals surface area contributed by atoms with E-state index in [1.807, 2.05) is 42.1 Å². The van der Waals surface area contributed by atoms with Gasteiger partial charge < -0.3 is 9.55 Å². The van der Waals surface area contributed by atoms with E-state index in [0.29, 0.717) is 11.5 Å². The lowest BCUT2D eigenvalue weighted by molar-refractivity contribution is 0.102. The van der Waals surface area contributed by atoms with E-state index in [0.717, 1.165) is 33.2 Å². The van der Waals surface area contributed by atoms with E-state index < -0.39 is 0 Å². The van der Waals surface area contributed by atoms with Crippen LogP contribution in [-0.4, -0.2) is 35.6 Å². The SMILES string of the molecule is C.Cn1cc(-c2cc3cccnc3[nH]2)c2ccc(C(=O)Nc3ncn[nH]3)cc21. The third-order valence-corrected chi connectivity index (χ3v) is 4.58. The molecule has 0 saturated carbocycles. The Balaban J connectivity index is 0.00000192. The maximum atomic E-state index is 12.4. The minimum absolute atomic E-state index is 0. The van der Waals surface area contributed by atoms with Crippen LogP contribution in [0.15, 0.2) is 55.1 Å². The number of H-pyrrole nitrogens is 2. The zero-order valence-electron chi connectivity index (χ0n) is 14.4. The first-order valence-corrected chi connectivity index (χ1v) is 8.39. The van der Waals surface area contributed by atoms with Crippen LogP contribution in [-0.2, 0) is 7.05 Å². The molecule has 3 N–H and O–H groups in total. The molecule has 5 aromatic rings. The van der Waals surface area contributed by atoms with Gasteiger partial charge in [0.05, 0.1) is 0 Å². The summed E-state index contributed by atoms with van der Waals surface area (Å²) in [5.41, 5.74) is 4.42. The van der Waals surface area contributed by atoms with Crippen LogP contribution < -0.4 is 5.32 Å². The summed E-state index contributed by atoms with van der Waals surface area (Å²) < 4.78 is 2.01. The van der Waals surface area contributed by atoms with Crippen LogP contribution in [0.3, 0.4) is 0 Å². The number of aromatic nitrogens is 6. The quantitative estimate of drug-likeness (QED) is 0.448. The van der Waals surface area contributed by atoms with E-state index in [-0.39, 0.29) is 13.3 Å². The number of nitrogens with zero attached hydrogens (tertiary/aromatic N) is 4. The number of carbonyl (C=O) groups excluding carboxylic acids is 1. The van der Waals surface area contributed by atoms with Gasteiger partial charge in [-0.2, -0.15) is 10.1 Å². The summed E-state index contributed by atoms with van der Waals surface area (Å²) in [5, 5.41) is 11.1. The molecule has 0 unspecified atom stereocenters. The van der Waals surface area contributed by atoms with E-state index in [2.05, 4.69) is 36.5 Å². The highest BCUT2D eigenvalue weighted by Crippen LogP contribution is 2.32. The highest BCUT2D eigenvalue weighted by molar-refractivity contribution is 6.07. The van der Waals surface area contributed by atoms with E-state index in [1.54, 1.807) is 12.3 Å². The number of aryl methyl sites for hydroxylation is 1. The highest BCUT2D eigenvalue weighted by Gasteiger charge is 2.14. The molecule has 0 fully saturated rings. The molecular formula is C20H19N7O. The second-order valence-electron chi connectivity index (χ2n) is 6.30. The second-order valence-corrected chi connectivity index (χ2v) is 6.30. The van der Waals surface area contributed by atoms with Crippen LogP contribution in [0.5, 0.6) is 0 Å². The van der Waals surface area contributed by atoms with Crippen molar-refractivity contribution in [2.24, 2.45) is 7.05 Å². The third-order valence-electron chi connectivity index (χ3n) is 4.58. The number of nitrogens with one attached hydrogen (secondary N) is 3. The van der Waals surface area contributed by atoms with Gasteiger partial charge in [0, 0.05) is 52.6 Å². The molecule has 4 heterocycles. The molecule has 0 aliphatic carbocycles. The number of rotatable bonds is 3. The van der Waals surface area contributed by atoms with Crippen LogP contribution in [0, 0.1) is 0 Å². The first-order chi connectivity index (χ1) is 13.2. The van der Waals surface area contributed by atoms with Gasteiger partial charge in [-0.25, -0.2) is 10.1 Å². The molecule has 1 aromatic carbocycles. The second kappa shape index (κ2) is 6.66. The Morgan fingerprint density at radius 1 is 1.18 bits per heavy atom. The van der Waals surface area contributed by atoms with Gasteiger partial charge in [0.2, 0.25) is 5.95 Å². The molecule has 0 saturated heterocycles. The minimum Gasteiger partial charge on any atom is -0.350 e. The fourth-order valence-electron chi connectivity index (χ4n) is 3.29. The van der Waals surface area contributed by atoms with Crippen LogP contribution in [0.4, 0.5) is 5.95 Å². The monoisotopic (exact) mass is 373 g/mol. The van der Waals surface area contributed by atoms with Crippen molar-refractivity contribution in [2.75, 3.05) is 5.32 Å². The largest absolute Gasteiger partial charge is 0.350 e. The smallest absolute Gasteiger partial charge is 0.258 e. The zero-order chi connectivity index (χ0) is 18.4. The molecule has 4 aromatic heterocycles. The first-order valence-electron chi connectivity index (χ1n) is 8.39. The van der Waals surface area contributed by atoms with Gasteiger partial charge >= 0.3 is 0 Å².